The molecule has 0 bridgehead atoms. The van der Waals surface area contributed by atoms with Crippen LogP contribution in [-0.2, 0) is 9.59 Å². The standard InChI is InChI=1S/C20H30N2O4/c1-13(2)12-21-19(23)14-5-7-15(8-6-14)20(24)22-16-9-10-17(25-3)18(11-16)26-4/h9-11,13-15H,5-8,12H2,1-4H3,(H,21,23)(H,22,24). The molecule has 1 aliphatic carbocycles. The molecule has 1 fully saturated rings. The van der Waals surface area contributed by atoms with Gasteiger partial charge in [-0.05, 0) is 43.7 Å². The highest BCUT2D eigenvalue weighted by Crippen LogP contribution is 2.32. The number of rotatable bonds is 7. The van der Waals surface area contributed by atoms with Gasteiger partial charge in [0.2, 0.25) is 11.8 Å². The number of carbonyl (C=O) groups excluding carboxylic acids is 2. The van der Waals surface area contributed by atoms with Crippen LogP contribution < -0.4 is 20.1 Å². The van der Waals surface area contributed by atoms with E-state index in [1.165, 1.54) is 0 Å². The molecule has 2 rings (SSSR count). The molecule has 2 amide bonds. The third-order valence-corrected chi connectivity index (χ3v) is 4.80. The average Bonchev–Trinajstić information content (AvgIpc) is 2.65. The molecular formula is C20H30N2O4. The third kappa shape index (κ3) is 5.38. The Hall–Kier alpha value is -2.24. The van der Waals surface area contributed by atoms with E-state index in [1.54, 1.807) is 32.4 Å². The molecule has 26 heavy (non-hydrogen) atoms. The van der Waals surface area contributed by atoms with Gasteiger partial charge in [0.1, 0.15) is 0 Å². The summed E-state index contributed by atoms with van der Waals surface area (Å²) in [6.45, 7) is 4.86. The van der Waals surface area contributed by atoms with Gasteiger partial charge in [-0.2, -0.15) is 0 Å². The molecule has 1 aliphatic rings. The van der Waals surface area contributed by atoms with E-state index >= 15 is 0 Å². The number of amides is 2. The van der Waals surface area contributed by atoms with Gasteiger partial charge >= 0.3 is 0 Å². The predicted octanol–water partition coefficient (Wildman–Crippen LogP) is 3.22. The second-order valence-electron chi connectivity index (χ2n) is 7.25. The molecule has 0 atom stereocenters. The molecule has 0 spiro atoms. The van der Waals surface area contributed by atoms with Gasteiger partial charge in [0.05, 0.1) is 14.2 Å². The van der Waals surface area contributed by atoms with Gasteiger partial charge in [0.25, 0.3) is 0 Å². The Balaban J connectivity index is 1.86. The first-order valence-corrected chi connectivity index (χ1v) is 9.25. The Morgan fingerprint density at radius 1 is 1.00 bits per heavy atom. The van der Waals surface area contributed by atoms with Crippen LogP contribution in [0.15, 0.2) is 18.2 Å². The Kier molecular flexibility index (Phi) is 7.30. The molecule has 6 heteroatoms. The molecule has 0 radical (unpaired) electrons. The molecule has 6 nitrogen and oxygen atoms in total. The number of hydrogen-bond donors (Lipinski definition) is 2. The molecule has 0 unspecified atom stereocenters. The van der Waals surface area contributed by atoms with Gasteiger partial charge in [0.15, 0.2) is 11.5 Å². The molecule has 144 valence electrons. The lowest BCUT2D eigenvalue weighted by molar-refractivity contribution is -0.128. The summed E-state index contributed by atoms with van der Waals surface area (Å²) in [6, 6.07) is 5.32. The van der Waals surface area contributed by atoms with Crippen LogP contribution in [0.2, 0.25) is 0 Å². The molecule has 1 aromatic carbocycles. The molecule has 0 saturated heterocycles. The zero-order valence-electron chi connectivity index (χ0n) is 16.1. The second-order valence-corrected chi connectivity index (χ2v) is 7.25. The van der Waals surface area contributed by atoms with Crippen LogP contribution in [0, 0.1) is 17.8 Å². The van der Waals surface area contributed by atoms with E-state index in [0.29, 0.717) is 29.6 Å². The van der Waals surface area contributed by atoms with E-state index in [1.807, 2.05) is 0 Å². The second kappa shape index (κ2) is 9.46. The Labute approximate surface area is 155 Å². The maximum atomic E-state index is 12.5. The first kappa shape index (κ1) is 20.1. The summed E-state index contributed by atoms with van der Waals surface area (Å²) in [5.41, 5.74) is 0.685. The van der Waals surface area contributed by atoms with Crippen molar-refractivity contribution in [2.45, 2.75) is 39.5 Å². The van der Waals surface area contributed by atoms with Crippen LogP contribution in [0.1, 0.15) is 39.5 Å². The first-order chi connectivity index (χ1) is 12.4. The van der Waals surface area contributed by atoms with Crippen LogP contribution >= 0.6 is 0 Å². The average molecular weight is 362 g/mol. The van der Waals surface area contributed by atoms with Crippen molar-refractivity contribution in [1.29, 1.82) is 0 Å². The minimum Gasteiger partial charge on any atom is -0.493 e. The zero-order valence-corrected chi connectivity index (χ0v) is 16.1. The van der Waals surface area contributed by atoms with Gasteiger partial charge in [-0.3, -0.25) is 9.59 Å². The Morgan fingerprint density at radius 3 is 2.12 bits per heavy atom. The number of anilines is 1. The topological polar surface area (TPSA) is 76.7 Å². The van der Waals surface area contributed by atoms with Crippen LogP contribution in [0.5, 0.6) is 11.5 Å². The van der Waals surface area contributed by atoms with Crippen molar-refractivity contribution in [3.05, 3.63) is 18.2 Å². The van der Waals surface area contributed by atoms with Crippen molar-refractivity contribution >= 4 is 17.5 Å². The van der Waals surface area contributed by atoms with E-state index in [4.69, 9.17) is 9.47 Å². The highest BCUT2D eigenvalue weighted by molar-refractivity contribution is 5.93. The maximum absolute atomic E-state index is 12.5. The van der Waals surface area contributed by atoms with Crippen molar-refractivity contribution in [2.75, 3.05) is 26.1 Å². The Bertz CT molecular complexity index is 622. The predicted molar refractivity (Wildman–Crippen MR) is 101 cm³/mol. The van der Waals surface area contributed by atoms with Crippen molar-refractivity contribution in [1.82, 2.24) is 5.32 Å². The zero-order chi connectivity index (χ0) is 19.1. The number of nitrogens with one attached hydrogen (secondary N) is 2. The third-order valence-electron chi connectivity index (χ3n) is 4.80. The molecule has 1 aromatic rings. The van der Waals surface area contributed by atoms with Gasteiger partial charge < -0.3 is 20.1 Å². The monoisotopic (exact) mass is 362 g/mol. The summed E-state index contributed by atoms with van der Waals surface area (Å²) >= 11 is 0. The van der Waals surface area contributed by atoms with E-state index in [0.717, 1.165) is 25.7 Å². The van der Waals surface area contributed by atoms with Crippen LogP contribution in [-0.4, -0.2) is 32.6 Å². The molecule has 0 aliphatic heterocycles. The first-order valence-electron chi connectivity index (χ1n) is 9.25. The fraction of sp³-hybridized carbons (Fsp3) is 0.600. The fourth-order valence-electron chi connectivity index (χ4n) is 3.23. The van der Waals surface area contributed by atoms with Crippen molar-refractivity contribution in [3.8, 4) is 11.5 Å². The van der Waals surface area contributed by atoms with Gasteiger partial charge in [0, 0.05) is 30.1 Å². The normalized spacial score (nSPS) is 19.7. The van der Waals surface area contributed by atoms with Gasteiger partial charge in [-0.1, -0.05) is 13.8 Å². The van der Waals surface area contributed by atoms with Crippen molar-refractivity contribution in [3.63, 3.8) is 0 Å². The lowest BCUT2D eigenvalue weighted by atomic mass is 9.81. The fourth-order valence-corrected chi connectivity index (χ4v) is 3.23. The number of hydrogen-bond acceptors (Lipinski definition) is 4. The lowest BCUT2D eigenvalue weighted by Crippen LogP contribution is -2.37. The maximum Gasteiger partial charge on any atom is 0.227 e. The molecule has 1 saturated carbocycles. The molecular weight excluding hydrogens is 332 g/mol. The summed E-state index contributed by atoms with van der Waals surface area (Å²) < 4.78 is 10.5. The molecule has 0 heterocycles. The van der Waals surface area contributed by atoms with Crippen molar-refractivity contribution < 1.29 is 19.1 Å². The quantitative estimate of drug-likeness (QED) is 0.781. The number of methoxy groups -OCH3 is 2. The number of ether oxygens (including phenoxy) is 2. The highest BCUT2D eigenvalue weighted by Gasteiger charge is 2.30. The van der Waals surface area contributed by atoms with E-state index < -0.39 is 0 Å². The van der Waals surface area contributed by atoms with Crippen LogP contribution in [0.25, 0.3) is 0 Å². The minimum absolute atomic E-state index is 0.00161. The van der Waals surface area contributed by atoms with Crippen LogP contribution in [0.3, 0.4) is 0 Å². The SMILES string of the molecule is COc1ccc(NC(=O)C2CCC(C(=O)NCC(C)C)CC2)cc1OC. The molecule has 0 aromatic heterocycles. The van der Waals surface area contributed by atoms with E-state index in [9.17, 15) is 9.59 Å². The van der Waals surface area contributed by atoms with Crippen molar-refractivity contribution in [2.24, 2.45) is 17.8 Å². The summed E-state index contributed by atoms with van der Waals surface area (Å²) in [7, 11) is 3.14. The van der Waals surface area contributed by atoms with E-state index in [2.05, 4.69) is 24.5 Å². The van der Waals surface area contributed by atoms with E-state index in [-0.39, 0.29) is 23.7 Å². The lowest BCUT2D eigenvalue weighted by Gasteiger charge is -2.27. The summed E-state index contributed by atoms with van der Waals surface area (Å²) in [5.74, 6) is 1.74. The Morgan fingerprint density at radius 2 is 1.58 bits per heavy atom. The minimum atomic E-state index is -0.0581. The highest BCUT2D eigenvalue weighted by atomic mass is 16.5. The number of benzene rings is 1. The van der Waals surface area contributed by atoms with Crippen LogP contribution in [0.4, 0.5) is 5.69 Å². The van der Waals surface area contributed by atoms with Gasteiger partial charge in [-0.25, -0.2) is 0 Å². The molecule has 2 N–H and O–H groups in total. The summed E-state index contributed by atoms with van der Waals surface area (Å²) in [5, 5.41) is 5.94. The summed E-state index contributed by atoms with van der Waals surface area (Å²) in [4.78, 5) is 24.7. The smallest absolute Gasteiger partial charge is 0.227 e. The largest absolute Gasteiger partial charge is 0.493 e. The summed E-state index contributed by atoms with van der Waals surface area (Å²) in [6.07, 6.45) is 2.99. The van der Waals surface area contributed by atoms with Gasteiger partial charge in [-0.15, -0.1) is 0 Å². The number of carbonyl (C=O) groups is 2.